The first-order chi connectivity index (χ1) is 16.5. The Hall–Kier alpha value is -3.36. The van der Waals surface area contributed by atoms with E-state index in [4.69, 9.17) is 13.9 Å². The second-order valence-corrected chi connectivity index (χ2v) is 11.1. The van der Waals surface area contributed by atoms with Crippen molar-refractivity contribution in [1.29, 1.82) is 0 Å². The van der Waals surface area contributed by atoms with Gasteiger partial charge in [0.25, 0.3) is 10.0 Å². The molecule has 0 aliphatic carbocycles. The van der Waals surface area contributed by atoms with Crippen molar-refractivity contribution in [3.63, 3.8) is 0 Å². The number of anilines is 1. The van der Waals surface area contributed by atoms with Crippen LogP contribution in [0.5, 0.6) is 0 Å². The number of ether oxygens (including phenoxy) is 2. The summed E-state index contributed by atoms with van der Waals surface area (Å²) in [5.74, 6) is -0.266. The third-order valence-electron chi connectivity index (χ3n) is 5.86. The molecule has 1 aromatic heterocycles. The Morgan fingerprint density at radius 2 is 1.71 bits per heavy atom. The second kappa shape index (κ2) is 9.36. The summed E-state index contributed by atoms with van der Waals surface area (Å²) < 4.78 is 45.7. The summed E-state index contributed by atoms with van der Waals surface area (Å²) >= 11 is 0. The summed E-state index contributed by atoms with van der Waals surface area (Å²) in [6.45, 7) is 8.16. The van der Waals surface area contributed by atoms with Crippen LogP contribution in [0.15, 0.2) is 63.9 Å². The topological polar surface area (TPSA) is 94.8 Å². The quantitative estimate of drug-likeness (QED) is 0.257. The van der Waals surface area contributed by atoms with Gasteiger partial charge in [-0.2, -0.15) is 0 Å². The van der Waals surface area contributed by atoms with Gasteiger partial charge in [-0.3, -0.25) is 4.72 Å². The molecule has 0 aliphatic heterocycles. The van der Waals surface area contributed by atoms with Crippen molar-refractivity contribution in [3.8, 4) is 0 Å². The van der Waals surface area contributed by atoms with Gasteiger partial charge < -0.3 is 13.9 Å². The number of sulfonamides is 1. The van der Waals surface area contributed by atoms with Crippen molar-refractivity contribution in [2.24, 2.45) is 0 Å². The normalized spacial score (nSPS) is 12.3. The number of fused-ring (bicyclic) bond motifs is 3. The second-order valence-electron chi connectivity index (χ2n) is 9.39. The van der Waals surface area contributed by atoms with Crippen LogP contribution in [-0.2, 0) is 24.9 Å². The number of methoxy groups -OCH3 is 1. The van der Waals surface area contributed by atoms with Gasteiger partial charge in [0.05, 0.1) is 22.6 Å². The molecular weight excluding hydrogens is 466 g/mol. The standard InChI is InChI=1S/C27H29NO6S/c1-17-23(26(29)33-15-14-32-5)24-22(16-18-8-6-7-9-21(18)25(24)34-17)28-35(30,31)20-12-10-19(11-13-20)27(2,3)4/h6-13,16,28H,14-15H2,1-5H3. The molecule has 0 aliphatic rings. The fourth-order valence-corrected chi connectivity index (χ4v) is 5.07. The molecule has 1 heterocycles. The highest BCUT2D eigenvalue weighted by Crippen LogP contribution is 2.39. The predicted octanol–water partition coefficient (Wildman–Crippen LogP) is 5.80. The summed E-state index contributed by atoms with van der Waals surface area (Å²) in [6, 6.07) is 15.9. The molecule has 0 bridgehead atoms. The Bertz CT molecular complexity index is 1490. The first kappa shape index (κ1) is 24.8. The largest absolute Gasteiger partial charge is 0.460 e. The number of hydrogen-bond donors (Lipinski definition) is 1. The zero-order chi connectivity index (χ0) is 25.4. The number of carbonyl (C=O) groups excluding carboxylic acids is 1. The van der Waals surface area contributed by atoms with Crippen molar-refractivity contribution in [1.82, 2.24) is 0 Å². The minimum Gasteiger partial charge on any atom is -0.460 e. The molecule has 4 aromatic rings. The Kier molecular flexibility index (Phi) is 6.62. The minimum absolute atomic E-state index is 0.0657. The Balaban J connectivity index is 1.84. The Labute approximate surface area is 205 Å². The van der Waals surface area contributed by atoms with E-state index in [0.717, 1.165) is 16.3 Å². The lowest BCUT2D eigenvalue weighted by Gasteiger charge is -2.19. The summed E-state index contributed by atoms with van der Waals surface area (Å²) in [5.41, 5.74) is 1.76. The molecule has 0 amide bonds. The van der Waals surface area contributed by atoms with Gasteiger partial charge in [0.15, 0.2) is 0 Å². The first-order valence-electron chi connectivity index (χ1n) is 11.3. The maximum atomic E-state index is 13.4. The molecule has 4 rings (SSSR count). The van der Waals surface area contributed by atoms with Crippen molar-refractivity contribution >= 4 is 43.4 Å². The fourth-order valence-electron chi connectivity index (χ4n) is 4.00. The zero-order valence-electron chi connectivity index (χ0n) is 20.5. The van der Waals surface area contributed by atoms with Gasteiger partial charge in [-0.05, 0) is 41.5 Å². The van der Waals surface area contributed by atoms with E-state index >= 15 is 0 Å². The molecule has 184 valence electrons. The van der Waals surface area contributed by atoms with Crippen LogP contribution in [0.3, 0.4) is 0 Å². The van der Waals surface area contributed by atoms with E-state index in [-0.39, 0.29) is 34.8 Å². The first-order valence-corrected chi connectivity index (χ1v) is 12.8. The van der Waals surface area contributed by atoms with E-state index < -0.39 is 16.0 Å². The maximum absolute atomic E-state index is 13.4. The van der Waals surface area contributed by atoms with Crippen molar-refractivity contribution in [2.75, 3.05) is 25.0 Å². The number of hydrogen-bond acceptors (Lipinski definition) is 6. The van der Waals surface area contributed by atoms with Gasteiger partial charge in [0, 0.05) is 12.5 Å². The van der Waals surface area contributed by atoms with E-state index in [2.05, 4.69) is 25.5 Å². The molecule has 0 saturated heterocycles. The van der Waals surface area contributed by atoms with Crippen molar-refractivity contribution < 1.29 is 27.1 Å². The van der Waals surface area contributed by atoms with Gasteiger partial charge in [0.1, 0.15) is 23.5 Å². The summed E-state index contributed by atoms with van der Waals surface area (Å²) in [5, 5.41) is 1.89. The number of carbonyl (C=O) groups is 1. The highest BCUT2D eigenvalue weighted by Gasteiger charge is 2.26. The van der Waals surface area contributed by atoms with Crippen LogP contribution in [0, 0.1) is 6.92 Å². The summed E-state index contributed by atoms with van der Waals surface area (Å²) in [4.78, 5) is 13.1. The van der Waals surface area contributed by atoms with E-state index in [1.54, 1.807) is 25.1 Å². The average Bonchev–Trinajstić information content (AvgIpc) is 3.16. The molecule has 0 spiro atoms. The molecule has 35 heavy (non-hydrogen) atoms. The SMILES string of the molecule is COCCOC(=O)c1c(C)oc2c1c(NS(=O)(=O)c1ccc(C(C)(C)C)cc1)cc1ccccc12. The van der Waals surface area contributed by atoms with Gasteiger partial charge in [-0.25, -0.2) is 13.2 Å². The van der Waals surface area contributed by atoms with Crippen molar-refractivity contribution in [3.05, 3.63) is 71.5 Å². The fraction of sp³-hybridized carbons (Fsp3) is 0.296. The van der Waals surface area contributed by atoms with Crippen LogP contribution < -0.4 is 4.72 Å². The molecule has 0 saturated carbocycles. The van der Waals surface area contributed by atoms with Crippen LogP contribution in [0.25, 0.3) is 21.7 Å². The predicted molar refractivity (Wildman–Crippen MR) is 137 cm³/mol. The van der Waals surface area contributed by atoms with Gasteiger partial charge >= 0.3 is 5.97 Å². The number of aryl methyl sites for hydroxylation is 1. The van der Waals surface area contributed by atoms with Crippen LogP contribution in [0.4, 0.5) is 5.69 Å². The van der Waals surface area contributed by atoms with Gasteiger partial charge in [-0.1, -0.05) is 57.2 Å². The molecule has 0 fully saturated rings. The third-order valence-corrected chi connectivity index (χ3v) is 7.24. The number of furan rings is 1. The number of benzene rings is 3. The number of nitrogens with one attached hydrogen (secondary N) is 1. The van der Waals surface area contributed by atoms with E-state index in [9.17, 15) is 13.2 Å². The monoisotopic (exact) mass is 495 g/mol. The summed E-state index contributed by atoms with van der Waals surface area (Å²) in [7, 11) is -2.44. The lowest BCUT2D eigenvalue weighted by atomic mass is 9.87. The van der Waals surface area contributed by atoms with E-state index in [0.29, 0.717) is 16.7 Å². The number of rotatable bonds is 7. The Morgan fingerprint density at radius 1 is 1.03 bits per heavy atom. The lowest BCUT2D eigenvalue weighted by molar-refractivity contribution is 0.0388. The molecule has 0 atom stereocenters. The molecule has 8 heteroatoms. The molecule has 3 aromatic carbocycles. The maximum Gasteiger partial charge on any atom is 0.342 e. The average molecular weight is 496 g/mol. The molecular formula is C27H29NO6S. The van der Waals surface area contributed by atoms with Crippen LogP contribution in [0.2, 0.25) is 0 Å². The molecule has 1 N–H and O–H groups in total. The highest BCUT2D eigenvalue weighted by molar-refractivity contribution is 7.92. The molecule has 0 unspecified atom stereocenters. The molecule has 7 nitrogen and oxygen atoms in total. The van der Waals surface area contributed by atoms with E-state index in [1.807, 2.05) is 36.4 Å². The van der Waals surface area contributed by atoms with E-state index in [1.165, 1.54) is 7.11 Å². The van der Waals surface area contributed by atoms with Crippen LogP contribution in [-0.4, -0.2) is 34.7 Å². The molecule has 0 radical (unpaired) electrons. The number of esters is 1. The smallest absolute Gasteiger partial charge is 0.342 e. The highest BCUT2D eigenvalue weighted by atomic mass is 32.2. The summed E-state index contributed by atoms with van der Waals surface area (Å²) in [6.07, 6.45) is 0. The Morgan fingerprint density at radius 3 is 2.37 bits per heavy atom. The lowest BCUT2D eigenvalue weighted by Crippen LogP contribution is -2.16. The van der Waals surface area contributed by atoms with Crippen molar-refractivity contribution in [2.45, 2.75) is 38.0 Å². The zero-order valence-corrected chi connectivity index (χ0v) is 21.3. The van der Waals surface area contributed by atoms with Crippen LogP contribution >= 0.6 is 0 Å². The van der Waals surface area contributed by atoms with Gasteiger partial charge in [-0.15, -0.1) is 0 Å². The van der Waals surface area contributed by atoms with Gasteiger partial charge in [0.2, 0.25) is 0 Å². The van der Waals surface area contributed by atoms with Crippen LogP contribution in [0.1, 0.15) is 42.5 Å². The minimum atomic E-state index is -3.95. The third kappa shape index (κ3) is 4.90.